The maximum atomic E-state index is 11.8. The predicted molar refractivity (Wildman–Crippen MR) is 113 cm³/mol. The van der Waals surface area contributed by atoms with Crippen LogP contribution in [0.3, 0.4) is 0 Å². The van der Waals surface area contributed by atoms with Gasteiger partial charge in [-0.05, 0) is 56.4 Å². The molecule has 1 aliphatic carbocycles. The van der Waals surface area contributed by atoms with Crippen molar-refractivity contribution in [3.63, 3.8) is 0 Å². The molecule has 0 radical (unpaired) electrons. The summed E-state index contributed by atoms with van der Waals surface area (Å²) in [4.78, 5) is 16.1. The molecule has 0 saturated heterocycles. The fourth-order valence-electron chi connectivity index (χ4n) is 3.35. The third-order valence-corrected chi connectivity index (χ3v) is 4.94. The van der Waals surface area contributed by atoms with Crippen LogP contribution in [-0.2, 0) is 6.54 Å². The molecule has 1 aromatic heterocycles. The minimum absolute atomic E-state index is 0.229. The molecule has 0 aliphatic heterocycles. The third kappa shape index (κ3) is 6.27. The number of nitrogens with zero attached hydrogens (tertiary/aromatic N) is 1. The van der Waals surface area contributed by atoms with E-state index in [1.165, 1.54) is 24.7 Å². The lowest BCUT2D eigenvalue weighted by Gasteiger charge is -2.18. The quantitative estimate of drug-likeness (QED) is 0.361. The van der Waals surface area contributed by atoms with Gasteiger partial charge in [-0.1, -0.05) is 12.1 Å². The molecule has 3 N–H and O–H groups in total. The van der Waals surface area contributed by atoms with Crippen molar-refractivity contribution >= 4 is 11.9 Å². The van der Waals surface area contributed by atoms with Crippen LogP contribution >= 0.6 is 0 Å². The maximum absolute atomic E-state index is 11.8. The number of rotatable bonds is 8. The summed E-state index contributed by atoms with van der Waals surface area (Å²) in [5.41, 5.74) is 2.30. The fraction of sp³-hybridized carbons (Fsp3) is 0.455. The van der Waals surface area contributed by atoms with Gasteiger partial charge in [0.1, 0.15) is 5.75 Å². The topological polar surface area (TPSA) is 87.9 Å². The number of nitrogens with one attached hydrogen (secondary N) is 3. The summed E-state index contributed by atoms with van der Waals surface area (Å²) in [6.07, 6.45) is 6.57. The number of hydrogen-bond donors (Lipinski definition) is 3. The molecule has 29 heavy (non-hydrogen) atoms. The van der Waals surface area contributed by atoms with Crippen LogP contribution in [0.2, 0.25) is 0 Å². The van der Waals surface area contributed by atoms with E-state index in [4.69, 9.17) is 9.15 Å². The highest BCUT2D eigenvalue weighted by Crippen LogP contribution is 2.27. The van der Waals surface area contributed by atoms with Gasteiger partial charge in [-0.15, -0.1) is 0 Å². The van der Waals surface area contributed by atoms with Crippen molar-refractivity contribution in [3.05, 3.63) is 53.5 Å². The molecular weight excluding hydrogens is 368 g/mol. The van der Waals surface area contributed by atoms with Crippen molar-refractivity contribution in [1.29, 1.82) is 0 Å². The number of furan rings is 1. The predicted octanol–water partition coefficient (Wildman–Crippen LogP) is 3.00. The summed E-state index contributed by atoms with van der Waals surface area (Å²) in [6, 6.07) is 9.63. The highest BCUT2D eigenvalue weighted by molar-refractivity contribution is 5.91. The normalized spacial score (nSPS) is 14.6. The summed E-state index contributed by atoms with van der Waals surface area (Å²) >= 11 is 0. The molecule has 156 valence electrons. The first kappa shape index (κ1) is 20.8. The molecule has 0 unspecified atom stereocenters. The Morgan fingerprint density at radius 1 is 1.17 bits per heavy atom. The molecule has 3 rings (SSSR count). The van der Waals surface area contributed by atoms with Crippen LogP contribution in [0.1, 0.15) is 47.4 Å². The number of aliphatic imine (C=N–C) groups is 1. The van der Waals surface area contributed by atoms with Gasteiger partial charge in [0, 0.05) is 32.2 Å². The second-order valence-corrected chi connectivity index (χ2v) is 7.22. The van der Waals surface area contributed by atoms with Gasteiger partial charge in [-0.2, -0.15) is 0 Å². The maximum Gasteiger partial charge on any atom is 0.287 e. The first-order chi connectivity index (χ1) is 14.2. The first-order valence-electron chi connectivity index (χ1n) is 10.2. The minimum atomic E-state index is -0.229. The van der Waals surface area contributed by atoms with Gasteiger partial charge in [-0.3, -0.25) is 9.79 Å². The summed E-state index contributed by atoms with van der Waals surface area (Å²) in [7, 11) is 1.72. The van der Waals surface area contributed by atoms with Crippen molar-refractivity contribution in [2.45, 2.75) is 45.3 Å². The molecule has 7 nitrogen and oxygen atoms in total. The van der Waals surface area contributed by atoms with Gasteiger partial charge in [0.05, 0.1) is 12.4 Å². The van der Waals surface area contributed by atoms with Gasteiger partial charge in [0.25, 0.3) is 5.91 Å². The minimum Gasteiger partial charge on any atom is -0.490 e. The summed E-state index contributed by atoms with van der Waals surface area (Å²) < 4.78 is 11.3. The van der Waals surface area contributed by atoms with E-state index in [9.17, 15) is 4.79 Å². The number of aryl methyl sites for hydroxylation is 1. The third-order valence-electron chi connectivity index (χ3n) is 4.94. The molecule has 7 heteroatoms. The number of ether oxygens (including phenoxy) is 1. The van der Waals surface area contributed by atoms with E-state index in [2.05, 4.69) is 46.1 Å². The highest BCUT2D eigenvalue weighted by Gasteiger charge is 2.18. The molecular formula is C22H30N4O3. The lowest BCUT2D eigenvalue weighted by atomic mass is 10.1. The Bertz CT molecular complexity index is 811. The average molecular weight is 399 g/mol. The number of guanidine groups is 1. The van der Waals surface area contributed by atoms with Crippen molar-refractivity contribution in [1.82, 2.24) is 16.0 Å². The zero-order valence-electron chi connectivity index (χ0n) is 17.2. The lowest BCUT2D eigenvalue weighted by molar-refractivity contribution is 0.0926. The first-order valence-corrected chi connectivity index (χ1v) is 10.2. The van der Waals surface area contributed by atoms with Gasteiger partial charge in [0.2, 0.25) is 0 Å². The zero-order chi connectivity index (χ0) is 20.5. The lowest BCUT2D eigenvalue weighted by Crippen LogP contribution is -2.41. The van der Waals surface area contributed by atoms with E-state index in [-0.39, 0.29) is 5.91 Å². The van der Waals surface area contributed by atoms with Crippen LogP contribution in [0.5, 0.6) is 5.75 Å². The molecule has 1 aliphatic rings. The zero-order valence-corrected chi connectivity index (χ0v) is 17.2. The van der Waals surface area contributed by atoms with E-state index in [1.807, 2.05) is 0 Å². The van der Waals surface area contributed by atoms with E-state index >= 15 is 0 Å². The Balaban J connectivity index is 1.45. The van der Waals surface area contributed by atoms with Gasteiger partial charge < -0.3 is 25.1 Å². The molecule has 0 spiro atoms. The second-order valence-electron chi connectivity index (χ2n) is 7.22. The standard InChI is InChI=1S/C22H30N4O3/c1-16-9-10-17(20(14-16)29-18-6-3-4-7-18)15-26-22(23-2)25-12-11-24-21(27)19-8-5-13-28-19/h5,8-10,13-14,18H,3-4,6-7,11-12,15H2,1-2H3,(H,24,27)(H2,23,25,26). The molecule has 1 fully saturated rings. The molecule has 1 heterocycles. The van der Waals surface area contributed by atoms with Gasteiger partial charge in [-0.25, -0.2) is 0 Å². The molecule has 1 amide bonds. The summed E-state index contributed by atoms with van der Waals surface area (Å²) in [6.45, 7) is 3.70. The Kier molecular flexibility index (Phi) is 7.55. The summed E-state index contributed by atoms with van der Waals surface area (Å²) in [5, 5.41) is 9.31. The SMILES string of the molecule is CN=C(NCCNC(=O)c1ccco1)NCc1ccc(C)cc1OC1CCCC1. The van der Waals surface area contributed by atoms with Crippen molar-refractivity contribution in [2.24, 2.45) is 4.99 Å². The molecule has 2 aromatic rings. The number of hydrogen-bond acceptors (Lipinski definition) is 4. The van der Waals surface area contributed by atoms with E-state index < -0.39 is 0 Å². The van der Waals surface area contributed by atoms with Crippen molar-refractivity contribution in [3.8, 4) is 5.75 Å². The van der Waals surface area contributed by atoms with Crippen LogP contribution in [-0.4, -0.2) is 38.1 Å². The van der Waals surface area contributed by atoms with Crippen LogP contribution < -0.4 is 20.7 Å². The monoisotopic (exact) mass is 398 g/mol. The Morgan fingerprint density at radius 2 is 1.97 bits per heavy atom. The number of benzene rings is 1. The number of carbonyl (C=O) groups is 1. The molecule has 1 saturated carbocycles. The molecule has 0 atom stereocenters. The van der Waals surface area contributed by atoms with Gasteiger partial charge in [0.15, 0.2) is 11.7 Å². The Hall–Kier alpha value is -2.96. The average Bonchev–Trinajstić information content (AvgIpc) is 3.42. The number of amides is 1. The highest BCUT2D eigenvalue weighted by atomic mass is 16.5. The van der Waals surface area contributed by atoms with E-state index in [1.54, 1.807) is 19.2 Å². The molecule has 0 bridgehead atoms. The Labute approximate surface area is 171 Å². The number of carbonyl (C=O) groups excluding carboxylic acids is 1. The van der Waals surface area contributed by atoms with Crippen molar-refractivity contribution in [2.75, 3.05) is 20.1 Å². The fourth-order valence-corrected chi connectivity index (χ4v) is 3.35. The van der Waals surface area contributed by atoms with Crippen LogP contribution in [0.15, 0.2) is 46.0 Å². The van der Waals surface area contributed by atoms with Crippen LogP contribution in [0.4, 0.5) is 0 Å². The van der Waals surface area contributed by atoms with Crippen LogP contribution in [0.25, 0.3) is 0 Å². The Morgan fingerprint density at radius 3 is 2.69 bits per heavy atom. The van der Waals surface area contributed by atoms with Crippen LogP contribution in [0, 0.1) is 6.92 Å². The van der Waals surface area contributed by atoms with E-state index in [0.29, 0.717) is 37.5 Å². The smallest absolute Gasteiger partial charge is 0.287 e. The molecule has 1 aromatic carbocycles. The second kappa shape index (κ2) is 10.5. The van der Waals surface area contributed by atoms with E-state index in [0.717, 1.165) is 24.2 Å². The van der Waals surface area contributed by atoms with Crippen molar-refractivity contribution < 1.29 is 13.9 Å². The van der Waals surface area contributed by atoms with Gasteiger partial charge >= 0.3 is 0 Å². The summed E-state index contributed by atoms with van der Waals surface area (Å²) in [5.74, 6) is 1.70. The largest absolute Gasteiger partial charge is 0.490 e.